The zero-order valence-electron chi connectivity index (χ0n) is 23.3. The summed E-state index contributed by atoms with van der Waals surface area (Å²) in [5.74, 6) is -0.505. The van der Waals surface area contributed by atoms with Crippen LogP contribution in [0.25, 0.3) is 22.3 Å². The Hall–Kier alpha value is -3.55. The first kappa shape index (κ1) is 31.9. The molecule has 2 fully saturated rings. The summed E-state index contributed by atoms with van der Waals surface area (Å²) < 4.78 is 37.9. The van der Waals surface area contributed by atoms with Crippen molar-refractivity contribution in [3.05, 3.63) is 46.6 Å². The van der Waals surface area contributed by atoms with E-state index in [2.05, 4.69) is 0 Å². The molecule has 16 heteroatoms. The molecule has 1 unspecified atom stereocenters. The highest BCUT2D eigenvalue weighted by Crippen LogP contribution is 2.43. The van der Waals surface area contributed by atoms with Crippen LogP contribution in [-0.4, -0.2) is 123 Å². The Morgan fingerprint density at radius 3 is 2.09 bits per heavy atom. The van der Waals surface area contributed by atoms with Gasteiger partial charge >= 0.3 is 0 Å². The van der Waals surface area contributed by atoms with E-state index in [0.717, 1.165) is 0 Å². The predicted octanol–water partition coefficient (Wildman–Crippen LogP) is -1.86. The number of fused-ring (bicyclic) bond motifs is 1. The second-order valence-electron chi connectivity index (χ2n) is 10.2. The van der Waals surface area contributed by atoms with Gasteiger partial charge in [-0.15, -0.1) is 0 Å². The van der Waals surface area contributed by atoms with Gasteiger partial charge in [-0.1, -0.05) is 0 Å². The summed E-state index contributed by atoms with van der Waals surface area (Å²) in [6.07, 6.45) is -17.6. The van der Waals surface area contributed by atoms with Gasteiger partial charge in [0.15, 0.2) is 29.5 Å². The third-order valence-electron chi connectivity index (χ3n) is 7.37. The second-order valence-corrected chi connectivity index (χ2v) is 10.2. The van der Waals surface area contributed by atoms with Gasteiger partial charge < -0.3 is 73.7 Å². The Bertz CT molecular complexity index is 1510. The van der Waals surface area contributed by atoms with Crippen molar-refractivity contribution in [2.75, 3.05) is 20.8 Å². The van der Waals surface area contributed by atoms with Crippen LogP contribution in [0.5, 0.6) is 23.0 Å². The van der Waals surface area contributed by atoms with E-state index in [-0.39, 0.29) is 28.2 Å². The zero-order chi connectivity index (χ0) is 31.9. The highest BCUT2D eigenvalue weighted by atomic mass is 16.8. The molecular formula is C28H32O16. The van der Waals surface area contributed by atoms with Crippen LogP contribution in [-0.2, 0) is 14.2 Å². The van der Waals surface area contributed by atoms with Gasteiger partial charge in [-0.3, -0.25) is 4.79 Å². The van der Waals surface area contributed by atoms with Crippen molar-refractivity contribution in [2.45, 2.75) is 61.6 Å². The van der Waals surface area contributed by atoms with E-state index < -0.39 is 79.4 Å². The Labute approximate surface area is 248 Å². The normalized spacial score (nSPS) is 32.4. The number of benzene rings is 2. The minimum Gasteiger partial charge on any atom is -0.504 e. The molecule has 8 N–H and O–H groups in total. The fourth-order valence-corrected chi connectivity index (χ4v) is 4.88. The second kappa shape index (κ2) is 12.8. The predicted molar refractivity (Wildman–Crippen MR) is 145 cm³/mol. The number of rotatable bonds is 8. The van der Waals surface area contributed by atoms with Crippen molar-refractivity contribution in [1.82, 2.24) is 0 Å². The lowest BCUT2D eigenvalue weighted by Crippen LogP contribution is -2.61. The monoisotopic (exact) mass is 624 g/mol. The van der Waals surface area contributed by atoms with E-state index in [1.807, 2.05) is 0 Å². The highest BCUT2D eigenvalue weighted by molar-refractivity contribution is 5.89. The Balaban J connectivity index is 1.41. The number of ether oxygens (including phenoxy) is 6. The number of methoxy groups -OCH3 is 2. The van der Waals surface area contributed by atoms with Gasteiger partial charge in [-0.25, -0.2) is 0 Å². The SMILES string of the molecule is COc1ccc(-c2cc(=O)c3c(O)c(OC)c(O[C@@H]4O[C@H](COC5O[C@@H](O)[C@H](O)[C@@H](O)[C@H]5O)[C@@H](O)[C@H](O)[C@H]4O)cc3o2)cc1. The van der Waals surface area contributed by atoms with Gasteiger partial charge in [0.2, 0.25) is 12.0 Å². The van der Waals surface area contributed by atoms with E-state index in [9.17, 15) is 45.6 Å². The molecule has 0 amide bonds. The average molecular weight is 625 g/mol. The summed E-state index contributed by atoms with van der Waals surface area (Å²) in [5.41, 5.74) is -0.195. The first-order valence-electron chi connectivity index (χ1n) is 13.3. The minimum absolute atomic E-state index is 0.120. The maximum Gasteiger partial charge on any atom is 0.229 e. The fraction of sp³-hybridized carbons (Fsp3) is 0.464. The molecule has 44 heavy (non-hydrogen) atoms. The molecule has 2 aromatic carbocycles. The average Bonchev–Trinajstić information content (AvgIpc) is 3.01. The number of aromatic hydroxyl groups is 1. The standard InChI is InChI=1S/C28H32O16/c1-38-11-5-3-10(4-6-11)13-7-12(29)17-14(41-13)8-15(25(39-2)19(17)31)42-28-24(36)20(32)18(30)16(43-28)9-40-27-23(35)21(33)22(34)26(37)44-27/h3-8,16,18,20-24,26-28,30-37H,9H2,1-2H3/t16-,18-,20+,21-,22-,23-,24-,26-,27?,28-/m1/s1. The lowest BCUT2D eigenvalue weighted by molar-refractivity contribution is -0.350. The van der Waals surface area contributed by atoms with Crippen molar-refractivity contribution >= 4 is 11.0 Å². The maximum absolute atomic E-state index is 13.0. The molecule has 0 aliphatic carbocycles. The Morgan fingerprint density at radius 2 is 1.43 bits per heavy atom. The molecule has 2 aliphatic heterocycles. The van der Waals surface area contributed by atoms with E-state index in [1.54, 1.807) is 24.3 Å². The van der Waals surface area contributed by atoms with Crippen molar-refractivity contribution in [1.29, 1.82) is 0 Å². The number of phenolic OH excluding ortho intramolecular Hbond substituents is 1. The molecule has 2 aliphatic rings. The van der Waals surface area contributed by atoms with E-state index >= 15 is 0 Å². The zero-order valence-corrected chi connectivity index (χ0v) is 23.3. The molecule has 0 bridgehead atoms. The number of hydrogen-bond acceptors (Lipinski definition) is 16. The Kier molecular flexibility index (Phi) is 9.28. The molecule has 1 aromatic heterocycles. The van der Waals surface area contributed by atoms with Crippen LogP contribution in [0.2, 0.25) is 0 Å². The van der Waals surface area contributed by atoms with Gasteiger partial charge in [0.1, 0.15) is 65.2 Å². The summed E-state index contributed by atoms with van der Waals surface area (Å²) in [5, 5.41) is 81.6. The molecule has 5 rings (SSSR count). The van der Waals surface area contributed by atoms with Crippen molar-refractivity contribution < 1.29 is 73.7 Å². The number of aliphatic hydroxyl groups is 7. The van der Waals surface area contributed by atoms with Crippen LogP contribution < -0.4 is 19.6 Å². The van der Waals surface area contributed by atoms with Gasteiger partial charge in [0.25, 0.3) is 0 Å². The fourth-order valence-electron chi connectivity index (χ4n) is 4.88. The number of aliphatic hydroxyl groups excluding tert-OH is 7. The largest absolute Gasteiger partial charge is 0.504 e. The first-order chi connectivity index (χ1) is 20.9. The molecule has 0 spiro atoms. The van der Waals surface area contributed by atoms with Gasteiger partial charge in [-0.2, -0.15) is 0 Å². The lowest BCUT2D eigenvalue weighted by atomic mass is 9.99. The summed E-state index contributed by atoms with van der Waals surface area (Å²) in [4.78, 5) is 13.0. The molecule has 10 atom stereocenters. The van der Waals surface area contributed by atoms with E-state index in [0.29, 0.717) is 11.3 Å². The Morgan fingerprint density at radius 1 is 0.773 bits per heavy atom. The van der Waals surface area contributed by atoms with Gasteiger partial charge in [-0.05, 0) is 24.3 Å². The van der Waals surface area contributed by atoms with Crippen LogP contribution in [0.1, 0.15) is 0 Å². The highest BCUT2D eigenvalue weighted by Gasteiger charge is 2.48. The van der Waals surface area contributed by atoms with Crippen LogP contribution in [0, 0.1) is 0 Å². The molecule has 3 heterocycles. The maximum atomic E-state index is 13.0. The summed E-state index contributed by atoms with van der Waals surface area (Å²) >= 11 is 0. The summed E-state index contributed by atoms with van der Waals surface area (Å²) in [6.45, 7) is -0.623. The van der Waals surface area contributed by atoms with Crippen LogP contribution in [0.3, 0.4) is 0 Å². The quantitative estimate of drug-likeness (QED) is 0.137. The molecule has 0 saturated carbocycles. The van der Waals surface area contributed by atoms with Crippen molar-refractivity contribution in [3.8, 4) is 34.3 Å². The van der Waals surface area contributed by atoms with Crippen LogP contribution in [0.4, 0.5) is 0 Å². The van der Waals surface area contributed by atoms with Gasteiger partial charge in [0.05, 0.1) is 20.8 Å². The molecule has 240 valence electrons. The molecule has 16 nitrogen and oxygen atoms in total. The van der Waals surface area contributed by atoms with Crippen LogP contribution >= 0.6 is 0 Å². The van der Waals surface area contributed by atoms with E-state index in [1.165, 1.54) is 26.4 Å². The third kappa shape index (κ3) is 5.92. The van der Waals surface area contributed by atoms with Gasteiger partial charge in [0, 0.05) is 17.7 Å². The topological polar surface area (TPSA) is 247 Å². The molecule has 2 saturated heterocycles. The number of phenols is 1. The smallest absolute Gasteiger partial charge is 0.229 e. The van der Waals surface area contributed by atoms with Crippen LogP contribution in [0.15, 0.2) is 45.6 Å². The molecular weight excluding hydrogens is 592 g/mol. The summed E-state index contributed by atoms with van der Waals surface area (Å²) in [6, 6.07) is 9.04. The molecule has 3 aromatic rings. The van der Waals surface area contributed by atoms with E-state index in [4.69, 9.17) is 32.8 Å². The first-order valence-corrected chi connectivity index (χ1v) is 13.3. The summed E-state index contributed by atoms with van der Waals surface area (Å²) in [7, 11) is 2.69. The van der Waals surface area contributed by atoms with Crippen molar-refractivity contribution in [2.24, 2.45) is 0 Å². The number of hydrogen-bond donors (Lipinski definition) is 8. The van der Waals surface area contributed by atoms with Crippen molar-refractivity contribution in [3.63, 3.8) is 0 Å². The minimum atomic E-state index is -1.89. The third-order valence-corrected chi connectivity index (χ3v) is 7.37. The molecule has 0 radical (unpaired) electrons. The lowest BCUT2D eigenvalue weighted by Gasteiger charge is -2.42.